The van der Waals surface area contributed by atoms with Gasteiger partial charge in [0.25, 0.3) is 0 Å². The Morgan fingerprint density at radius 3 is 1.91 bits per heavy atom. The van der Waals surface area contributed by atoms with E-state index in [1.807, 2.05) is 20.8 Å². The SMILES string of the molecule is CCCOCC(C(=O)ON(C)C(COCCC(C)C)C(=O)O)N(C)OC(=O)C(CC(=O)O)NC. The fourth-order valence-corrected chi connectivity index (χ4v) is 2.52. The number of carbonyl (C=O) groups excluding carboxylic acids is 2. The van der Waals surface area contributed by atoms with Crippen molar-refractivity contribution >= 4 is 23.9 Å². The van der Waals surface area contributed by atoms with Gasteiger partial charge in [-0.05, 0) is 25.8 Å². The van der Waals surface area contributed by atoms with Gasteiger partial charge in [0, 0.05) is 27.3 Å². The topological polar surface area (TPSA) is 164 Å². The molecule has 0 bridgehead atoms. The van der Waals surface area contributed by atoms with Gasteiger partial charge in [-0.25, -0.2) is 9.59 Å². The van der Waals surface area contributed by atoms with E-state index in [-0.39, 0.29) is 13.2 Å². The van der Waals surface area contributed by atoms with E-state index in [9.17, 15) is 24.3 Å². The monoisotopic (exact) mass is 493 g/mol. The number of carbonyl (C=O) groups is 4. The van der Waals surface area contributed by atoms with E-state index in [2.05, 4.69) is 5.32 Å². The highest BCUT2D eigenvalue weighted by Gasteiger charge is 2.34. The molecule has 0 heterocycles. The highest BCUT2D eigenvalue weighted by atomic mass is 16.7. The molecule has 0 fully saturated rings. The van der Waals surface area contributed by atoms with E-state index in [1.54, 1.807) is 0 Å². The summed E-state index contributed by atoms with van der Waals surface area (Å²) in [6.07, 6.45) is 0.892. The minimum Gasteiger partial charge on any atom is -0.481 e. The van der Waals surface area contributed by atoms with Crippen LogP contribution < -0.4 is 5.32 Å². The van der Waals surface area contributed by atoms with Crippen molar-refractivity contribution in [3.63, 3.8) is 0 Å². The highest BCUT2D eigenvalue weighted by molar-refractivity contribution is 5.82. The number of nitrogens with one attached hydrogen (secondary N) is 1. The number of likely N-dealkylation sites (N-methyl/N-ethyl adjacent to an activating group) is 3. The van der Waals surface area contributed by atoms with Gasteiger partial charge in [-0.15, -0.1) is 10.1 Å². The third kappa shape index (κ3) is 12.8. The Hall–Kier alpha value is -2.32. The Balaban J connectivity index is 5.24. The van der Waals surface area contributed by atoms with Crippen LogP contribution >= 0.6 is 0 Å². The smallest absolute Gasteiger partial charge is 0.348 e. The number of ether oxygens (including phenoxy) is 2. The largest absolute Gasteiger partial charge is 0.481 e. The second kappa shape index (κ2) is 17.2. The van der Waals surface area contributed by atoms with Crippen LogP contribution in [0.3, 0.4) is 0 Å². The quantitative estimate of drug-likeness (QED) is 0.164. The van der Waals surface area contributed by atoms with Crippen molar-refractivity contribution in [3.8, 4) is 0 Å². The first-order valence-electron chi connectivity index (χ1n) is 11.1. The first-order valence-corrected chi connectivity index (χ1v) is 11.1. The van der Waals surface area contributed by atoms with E-state index in [4.69, 9.17) is 24.3 Å². The maximum Gasteiger partial charge on any atom is 0.348 e. The first kappa shape index (κ1) is 31.7. The van der Waals surface area contributed by atoms with E-state index in [0.717, 1.165) is 16.5 Å². The van der Waals surface area contributed by atoms with Gasteiger partial charge in [-0.3, -0.25) is 9.59 Å². The Kier molecular flexibility index (Phi) is 16.0. The van der Waals surface area contributed by atoms with Crippen molar-refractivity contribution in [2.75, 3.05) is 47.6 Å². The lowest BCUT2D eigenvalue weighted by molar-refractivity contribution is -0.229. The van der Waals surface area contributed by atoms with E-state index < -0.39 is 48.4 Å². The summed E-state index contributed by atoms with van der Waals surface area (Å²) in [6.45, 7) is 6.15. The number of rotatable bonds is 19. The molecule has 0 spiro atoms. The fraction of sp³-hybridized carbons (Fsp3) is 0.810. The number of hydrogen-bond donors (Lipinski definition) is 3. The summed E-state index contributed by atoms with van der Waals surface area (Å²) in [4.78, 5) is 58.0. The molecule has 0 radical (unpaired) electrons. The Bertz CT molecular complexity index is 646. The van der Waals surface area contributed by atoms with Crippen LogP contribution in [0.25, 0.3) is 0 Å². The normalized spacial score (nSPS) is 14.1. The van der Waals surface area contributed by atoms with Gasteiger partial charge in [0.2, 0.25) is 0 Å². The third-order valence-electron chi connectivity index (χ3n) is 4.65. The van der Waals surface area contributed by atoms with E-state index in [1.165, 1.54) is 21.1 Å². The third-order valence-corrected chi connectivity index (χ3v) is 4.65. The first-order chi connectivity index (χ1) is 15.9. The molecule has 0 aromatic carbocycles. The number of carboxylic acids is 2. The summed E-state index contributed by atoms with van der Waals surface area (Å²) >= 11 is 0. The molecule has 3 atom stereocenters. The molecular weight excluding hydrogens is 454 g/mol. The molecule has 0 amide bonds. The number of hydrogen-bond acceptors (Lipinski definition) is 11. The molecule has 3 unspecified atom stereocenters. The molecule has 0 aliphatic heterocycles. The molecule has 0 aromatic heterocycles. The molecule has 0 aromatic rings. The summed E-state index contributed by atoms with van der Waals surface area (Å²) < 4.78 is 10.8. The van der Waals surface area contributed by atoms with Gasteiger partial charge >= 0.3 is 23.9 Å². The fourth-order valence-electron chi connectivity index (χ4n) is 2.52. The van der Waals surface area contributed by atoms with Crippen LogP contribution in [0.1, 0.15) is 40.0 Å². The lowest BCUT2D eigenvalue weighted by Gasteiger charge is -2.29. The molecule has 13 nitrogen and oxygen atoms in total. The zero-order valence-corrected chi connectivity index (χ0v) is 20.8. The summed E-state index contributed by atoms with van der Waals surface area (Å²) in [7, 11) is 3.97. The van der Waals surface area contributed by atoms with Crippen molar-refractivity contribution in [1.29, 1.82) is 0 Å². The van der Waals surface area contributed by atoms with Gasteiger partial charge in [-0.1, -0.05) is 20.8 Å². The van der Waals surface area contributed by atoms with Crippen LogP contribution in [-0.2, 0) is 38.3 Å². The van der Waals surface area contributed by atoms with Crippen molar-refractivity contribution in [3.05, 3.63) is 0 Å². The Morgan fingerprint density at radius 2 is 1.41 bits per heavy atom. The van der Waals surface area contributed by atoms with E-state index >= 15 is 0 Å². The van der Waals surface area contributed by atoms with Crippen molar-refractivity contribution < 1.29 is 48.5 Å². The molecule has 0 rings (SSSR count). The second-order valence-corrected chi connectivity index (χ2v) is 8.05. The number of aliphatic carboxylic acids is 2. The van der Waals surface area contributed by atoms with Gasteiger partial charge in [0.05, 0.1) is 19.6 Å². The molecule has 13 heteroatoms. The van der Waals surface area contributed by atoms with Crippen molar-refractivity contribution in [2.45, 2.75) is 58.2 Å². The summed E-state index contributed by atoms with van der Waals surface area (Å²) in [5.41, 5.74) is 0. The van der Waals surface area contributed by atoms with Crippen LogP contribution in [0, 0.1) is 5.92 Å². The van der Waals surface area contributed by atoms with Crippen LogP contribution in [0.5, 0.6) is 0 Å². The standard InChI is InChI=1S/C21H39N3O10/c1-7-9-31-13-17(24(6)33-20(29)15(22-4)11-18(25)26)21(30)34-23(5)16(19(27)28)12-32-10-8-14(2)3/h14-17,22H,7-13H2,1-6H3,(H,25,26)(H,27,28). The Morgan fingerprint density at radius 1 is 0.882 bits per heavy atom. The van der Waals surface area contributed by atoms with Gasteiger partial charge in [0.15, 0.2) is 12.1 Å². The maximum atomic E-state index is 12.8. The lowest BCUT2D eigenvalue weighted by Crippen LogP contribution is -2.50. The lowest BCUT2D eigenvalue weighted by atomic mass is 10.1. The van der Waals surface area contributed by atoms with Crippen LogP contribution in [-0.4, -0.2) is 110 Å². The highest BCUT2D eigenvalue weighted by Crippen LogP contribution is 2.09. The van der Waals surface area contributed by atoms with Crippen molar-refractivity contribution in [2.24, 2.45) is 5.92 Å². The second-order valence-electron chi connectivity index (χ2n) is 8.05. The summed E-state index contributed by atoms with van der Waals surface area (Å²) in [6, 6.07) is -3.64. The molecule has 3 N–H and O–H groups in total. The summed E-state index contributed by atoms with van der Waals surface area (Å²) in [5, 5.41) is 22.7. The predicted molar refractivity (Wildman–Crippen MR) is 119 cm³/mol. The maximum absolute atomic E-state index is 12.8. The molecule has 0 aliphatic rings. The van der Waals surface area contributed by atoms with Crippen LogP contribution in [0.4, 0.5) is 0 Å². The van der Waals surface area contributed by atoms with Crippen LogP contribution in [0.2, 0.25) is 0 Å². The molecule has 0 aliphatic carbocycles. The molecule has 198 valence electrons. The number of carboxylic acid groups (broad SMARTS) is 2. The average molecular weight is 494 g/mol. The molecule has 0 saturated carbocycles. The summed E-state index contributed by atoms with van der Waals surface area (Å²) in [5.74, 6) is -3.92. The molecule has 34 heavy (non-hydrogen) atoms. The number of hydroxylamine groups is 4. The Labute approximate surface area is 200 Å². The minimum absolute atomic E-state index is 0.202. The zero-order chi connectivity index (χ0) is 26.3. The molecular formula is C21H39N3O10. The van der Waals surface area contributed by atoms with Gasteiger partial charge < -0.3 is 34.7 Å². The van der Waals surface area contributed by atoms with Gasteiger partial charge in [-0.2, -0.15) is 0 Å². The molecule has 0 saturated heterocycles. The van der Waals surface area contributed by atoms with Gasteiger partial charge in [0.1, 0.15) is 6.04 Å². The zero-order valence-electron chi connectivity index (χ0n) is 20.8. The van der Waals surface area contributed by atoms with Crippen molar-refractivity contribution in [1.82, 2.24) is 15.4 Å². The average Bonchev–Trinajstić information content (AvgIpc) is 2.73. The van der Waals surface area contributed by atoms with E-state index in [0.29, 0.717) is 25.6 Å². The van der Waals surface area contributed by atoms with Crippen LogP contribution in [0.15, 0.2) is 0 Å². The minimum atomic E-state index is -1.26. The number of nitrogens with zero attached hydrogens (tertiary/aromatic N) is 2. The predicted octanol–water partition coefficient (Wildman–Crippen LogP) is 0.140.